The van der Waals surface area contributed by atoms with Crippen LogP contribution in [0.2, 0.25) is 0 Å². The Morgan fingerprint density at radius 2 is 1.42 bits per heavy atom. The van der Waals surface area contributed by atoms with Gasteiger partial charge in [-0.05, 0) is 75.3 Å². The lowest BCUT2D eigenvalue weighted by Gasteiger charge is -2.35. The smallest absolute Gasteiger partial charge is 0.306 e. The second-order valence-electron chi connectivity index (χ2n) is 9.23. The van der Waals surface area contributed by atoms with Crippen LogP contribution in [0.3, 0.4) is 0 Å². The minimum atomic E-state index is -0.147. The molecule has 186 valence electrons. The van der Waals surface area contributed by atoms with E-state index in [1.54, 1.807) is 0 Å². The molecule has 6 nitrogen and oxygen atoms in total. The number of nitrogens with two attached hydrogens (primary N) is 2. The Morgan fingerprint density at radius 3 is 1.90 bits per heavy atom. The molecule has 1 fully saturated rings. The number of hydrogen-bond acceptors (Lipinski definition) is 6. The van der Waals surface area contributed by atoms with Crippen LogP contribution in [0.15, 0.2) is 0 Å². The molecule has 0 saturated heterocycles. The van der Waals surface area contributed by atoms with E-state index >= 15 is 0 Å². The summed E-state index contributed by atoms with van der Waals surface area (Å²) in [6, 6.07) is 0. The maximum Gasteiger partial charge on any atom is 0.306 e. The number of hydrogen-bond donors (Lipinski definition) is 2. The molecule has 0 amide bonds. The van der Waals surface area contributed by atoms with Gasteiger partial charge in [0.2, 0.25) is 0 Å². The van der Waals surface area contributed by atoms with Crippen molar-refractivity contribution < 1.29 is 19.1 Å². The molecule has 1 aliphatic rings. The molecule has 1 rings (SSSR count). The van der Waals surface area contributed by atoms with Gasteiger partial charge >= 0.3 is 11.9 Å². The topological polar surface area (TPSA) is 105 Å². The van der Waals surface area contributed by atoms with Crippen LogP contribution in [0.25, 0.3) is 0 Å². The molecule has 0 unspecified atom stereocenters. The highest BCUT2D eigenvalue weighted by molar-refractivity contribution is 5.85. The van der Waals surface area contributed by atoms with Crippen molar-refractivity contribution in [1.82, 2.24) is 0 Å². The Morgan fingerprint density at radius 1 is 0.871 bits per heavy atom. The number of rotatable bonds is 15. The van der Waals surface area contributed by atoms with Gasteiger partial charge < -0.3 is 20.9 Å². The third kappa shape index (κ3) is 15.0. The van der Waals surface area contributed by atoms with Gasteiger partial charge in [-0.1, -0.05) is 33.1 Å². The second kappa shape index (κ2) is 19.0. The molecule has 0 aromatic carbocycles. The van der Waals surface area contributed by atoms with Gasteiger partial charge in [0.1, 0.15) is 0 Å². The van der Waals surface area contributed by atoms with Crippen molar-refractivity contribution in [2.45, 2.75) is 90.9 Å². The lowest BCUT2D eigenvalue weighted by Crippen LogP contribution is -2.35. The van der Waals surface area contributed by atoms with Crippen LogP contribution in [0.5, 0.6) is 0 Å². The Kier molecular flexibility index (Phi) is 19.9. The van der Waals surface area contributed by atoms with Gasteiger partial charge in [0.05, 0.1) is 19.6 Å². The van der Waals surface area contributed by atoms with Gasteiger partial charge in [-0.3, -0.25) is 9.59 Å². The lowest BCUT2D eigenvalue weighted by atomic mass is 9.72. The molecule has 0 aromatic heterocycles. The Labute approximate surface area is 201 Å². The van der Waals surface area contributed by atoms with Gasteiger partial charge in [0.15, 0.2) is 0 Å². The van der Waals surface area contributed by atoms with E-state index in [0.717, 1.165) is 44.9 Å². The number of carbonyl (C=O) groups excluding carboxylic acids is 2. The lowest BCUT2D eigenvalue weighted by molar-refractivity contribution is -0.147. The van der Waals surface area contributed by atoms with E-state index in [4.69, 9.17) is 20.9 Å². The Bertz CT molecular complexity index is 472. The monoisotopic (exact) mass is 484 g/mol. The molecule has 0 bridgehead atoms. The highest BCUT2D eigenvalue weighted by Gasteiger charge is 2.33. The summed E-state index contributed by atoms with van der Waals surface area (Å²) < 4.78 is 10.7. The summed E-state index contributed by atoms with van der Waals surface area (Å²) in [6.07, 6.45) is 11.1. The molecule has 31 heavy (non-hydrogen) atoms. The maximum atomic E-state index is 12.1. The van der Waals surface area contributed by atoms with Gasteiger partial charge in [-0.25, -0.2) is 0 Å². The molecule has 0 aromatic rings. The standard InChI is InChI=1S/C23H44N2O4.2ClH/c1-19(2)14-20(17-24)15-21(26)28-12-8-3-4-9-13-29-22(27)16-23(18-25)10-6-5-7-11-23;;/h19-20H,3-18,24-25H2,1-2H3;2*1H/t20-;;/m0../s1. The van der Waals surface area contributed by atoms with E-state index in [0.29, 0.717) is 45.1 Å². The first-order chi connectivity index (χ1) is 13.9. The van der Waals surface area contributed by atoms with Crippen molar-refractivity contribution in [3.05, 3.63) is 0 Å². The van der Waals surface area contributed by atoms with Crippen LogP contribution < -0.4 is 11.5 Å². The van der Waals surface area contributed by atoms with Crippen LogP contribution in [-0.4, -0.2) is 38.2 Å². The van der Waals surface area contributed by atoms with Crippen LogP contribution in [0.1, 0.15) is 90.9 Å². The molecule has 1 atom stereocenters. The zero-order valence-corrected chi connectivity index (χ0v) is 21.2. The molecule has 1 aliphatic carbocycles. The van der Waals surface area contributed by atoms with Gasteiger partial charge in [0, 0.05) is 6.42 Å². The summed E-state index contributed by atoms with van der Waals surface area (Å²) >= 11 is 0. The number of esters is 2. The molecule has 0 heterocycles. The number of halogens is 2. The van der Waals surface area contributed by atoms with Crippen molar-refractivity contribution in [3.63, 3.8) is 0 Å². The molecule has 0 aliphatic heterocycles. The summed E-state index contributed by atoms with van der Waals surface area (Å²) in [5.74, 6) is 0.492. The molecule has 0 radical (unpaired) electrons. The third-order valence-electron chi connectivity index (χ3n) is 6.02. The van der Waals surface area contributed by atoms with E-state index < -0.39 is 0 Å². The summed E-state index contributed by atoms with van der Waals surface area (Å²) in [7, 11) is 0. The predicted molar refractivity (Wildman–Crippen MR) is 131 cm³/mol. The van der Waals surface area contributed by atoms with Crippen molar-refractivity contribution >= 4 is 36.8 Å². The number of unbranched alkanes of at least 4 members (excludes halogenated alkanes) is 3. The molecule has 8 heteroatoms. The first-order valence-electron chi connectivity index (χ1n) is 11.6. The van der Waals surface area contributed by atoms with Crippen LogP contribution in [-0.2, 0) is 19.1 Å². The van der Waals surface area contributed by atoms with E-state index in [9.17, 15) is 9.59 Å². The molecule has 1 saturated carbocycles. The SMILES string of the molecule is CC(C)C[C@H](CN)CC(=O)OCCCCCCOC(=O)CC1(CN)CCCCC1.Cl.Cl. The summed E-state index contributed by atoms with van der Waals surface area (Å²) in [4.78, 5) is 24.0. The molecular formula is C23H46Cl2N2O4. The molecule has 0 spiro atoms. The van der Waals surface area contributed by atoms with Crippen LogP contribution in [0.4, 0.5) is 0 Å². The van der Waals surface area contributed by atoms with Crippen LogP contribution in [0, 0.1) is 17.3 Å². The van der Waals surface area contributed by atoms with Crippen molar-refractivity contribution in [2.24, 2.45) is 28.7 Å². The largest absolute Gasteiger partial charge is 0.466 e. The third-order valence-corrected chi connectivity index (χ3v) is 6.02. The van der Waals surface area contributed by atoms with Crippen molar-refractivity contribution in [3.8, 4) is 0 Å². The van der Waals surface area contributed by atoms with Gasteiger partial charge in [0.25, 0.3) is 0 Å². The Hall–Kier alpha value is -0.560. The van der Waals surface area contributed by atoms with E-state index in [-0.39, 0.29) is 48.1 Å². The van der Waals surface area contributed by atoms with Gasteiger partial charge in [-0.2, -0.15) is 0 Å². The normalized spacial score (nSPS) is 16.0. The van der Waals surface area contributed by atoms with Gasteiger partial charge in [-0.15, -0.1) is 24.8 Å². The summed E-state index contributed by atoms with van der Waals surface area (Å²) in [5, 5.41) is 0. The minimum absolute atomic E-state index is 0. The summed E-state index contributed by atoms with van der Waals surface area (Å²) in [6.45, 7) is 6.29. The van der Waals surface area contributed by atoms with E-state index in [1.165, 1.54) is 19.3 Å². The molecular weight excluding hydrogens is 439 g/mol. The fourth-order valence-electron chi connectivity index (χ4n) is 4.27. The average Bonchev–Trinajstić information content (AvgIpc) is 2.69. The highest BCUT2D eigenvalue weighted by Crippen LogP contribution is 2.38. The zero-order chi connectivity index (χ0) is 21.5. The molecule has 4 N–H and O–H groups in total. The van der Waals surface area contributed by atoms with E-state index in [1.807, 2.05) is 0 Å². The van der Waals surface area contributed by atoms with Crippen molar-refractivity contribution in [2.75, 3.05) is 26.3 Å². The number of carbonyl (C=O) groups is 2. The van der Waals surface area contributed by atoms with E-state index in [2.05, 4.69) is 13.8 Å². The predicted octanol–water partition coefficient (Wildman–Crippen LogP) is 4.79. The fourth-order valence-corrected chi connectivity index (χ4v) is 4.27. The second-order valence-corrected chi connectivity index (χ2v) is 9.23. The Balaban J connectivity index is 0. The first kappa shape index (κ1) is 32.6. The maximum absolute atomic E-state index is 12.1. The average molecular weight is 486 g/mol. The highest BCUT2D eigenvalue weighted by atomic mass is 35.5. The van der Waals surface area contributed by atoms with Crippen molar-refractivity contribution in [1.29, 1.82) is 0 Å². The quantitative estimate of drug-likeness (QED) is 0.255. The zero-order valence-electron chi connectivity index (χ0n) is 19.6. The van der Waals surface area contributed by atoms with Crippen LogP contribution >= 0.6 is 24.8 Å². The first-order valence-corrected chi connectivity index (χ1v) is 11.6. The fraction of sp³-hybridized carbons (Fsp3) is 0.913. The summed E-state index contributed by atoms with van der Waals surface area (Å²) in [5.41, 5.74) is 11.6. The number of ether oxygens (including phenoxy) is 2. The minimum Gasteiger partial charge on any atom is -0.466 e.